The first kappa shape index (κ1) is 11.7. The lowest BCUT2D eigenvalue weighted by molar-refractivity contribution is -0.0980. The quantitative estimate of drug-likeness (QED) is 0.804. The van der Waals surface area contributed by atoms with E-state index < -0.39 is 0 Å². The third-order valence-corrected chi connectivity index (χ3v) is 3.59. The topological polar surface area (TPSA) is 39.3 Å². The van der Waals surface area contributed by atoms with Crippen molar-refractivity contribution in [2.75, 3.05) is 7.05 Å². The molecule has 2 aromatic rings. The van der Waals surface area contributed by atoms with E-state index in [1.54, 1.807) is 13.1 Å². The molecule has 2 rings (SSSR count). The highest BCUT2D eigenvalue weighted by Gasteiger charge is 2.16. The van der Waals surface area contributed by atoms with Crippen LogP contribution in [0.3, 0.4) is 0 Å². The zero-order valence-corrected chi connectivity index (χ0v) is 10.5. The number of halogens is 2. The van der Waals surface area contributed by atoms with E-state index >= 15 is 0 Å². The van der Waals surface area contributed by atoms with Gasteiger partial charge < -0.3 is 10.2 Å². The molecule has 0 saturated carbocycles. The average molecular weight is 259 g/mol. The molecular weight excluding hydrogens is 247 g/mol. The van der Waals surface area contributed by atoms with Crippen molar-refractivity contribution in [3.8, 4) is 0 Å². The molecule has 0 aliphatic carbocycles. The van der Waals surface area contributed by atoms with Crippen molar-refractivity contribution >= 4 is 34.1 Å². The monoisotopic (exact) mass is 258 g/mol. The molecule has 0 saturated heterocycles. The van der Waals surface area contributed by atoms with Crippen LogP contribution in [0, 0.1) is 0 Å². The maximum absolute atomic E-state index is 9.44. The lowest BCUT2D eigenvalue weighted by Gasteiger charge is -2.17. The normalized spacial score (nSPS) is 13.6. The number of aromatic amines is 1. The van der Waals surface area contributed by atoms with Gasteiger partial charge in [0.15, 0.2) is 0 Å². The fourth-order valence-electron chi connectivity index (χ4n) is 1.71. The predicted molar refractivity (Wildman–Crippen MR) is 66.3 cm³/mol. The van der Waals surface area contributed by atoms with E-state index in [1.165, 1.54) is 0 Å². The second kappa shape index (κ2) is 4.26. The van der Waals surface area contributed by atoms with Crippen LogP contribution in [0.2, 0.25) is 10.0 Å². The van der Waals surface area contributed by atoms with Gasteiger partial charge in [-0.1, -0.05) is 29.3 Å². The minimum absolute atomic E-state index is 0.106. The molecule has 2 N–H and O–H groups in total. The second-order valence-corrected chi connectivity index (χ2v) is 4.56. The number of H-pyrrole nitrogens is 1. The van der Waals surface area contributed by atoms with E-state index in [1.807, 2.05) is 19.2 Å². The van der Waals surface area contributed by atoms with Crippen molar-refractivity contribution in [1.82, 2.24) is 10.0 Å². The first-order valence-electron chi connectivity index (χ1n) is 4.89. The summed E-state index contributed by atoms with van der Waals surface area (Å²) in [6, 6.07) is 3.55. The molecular formula is C11H12Cl2N2O. The molecule has 5 heteroatoms. The van der Waals surface area contributed by atoms with Crippen molar-refractivity contribution < 1.29 is 5.21 Å². The summed E-state index contributed by atoms with van der Waals surface area (Å²) in [6.45, 7) is 1.91. The van der Waals surface area contributed by atoms with Crippen LogP contribution >= 0.6 is 23.2 Å². The van der Waals surface area contributed by atoms with Gasteiger partial charge in [-0.25, -0.2) is 0 Å². The number of hydrogen-bond donors (Lipinski definition) is 2. The standard InChI is InChI=1S/C11H12Cl2N2O/c1-6(15(2)16)8-5-14-11-7(8)3-4-9(12)10(11)13/h3-6,14,16H,1-2H3. The third kappa shape index (κ3) is 1.80. The molecule has 1 heterocycles. The van der Waals surface area contributed by atoms with Gasteiger partial charge in [-0.3, -0.25) is 0 Å². The van der Waals surface area contributed by atoms with Gasteiger partial charge in [-0.2, -0.15) is 5.06 Å². The molecule has 0 spiro atoms. The third-order valence-electron chi connectivity index (χ3n) is 2.79. The maximum Gasteiger partial charge on any atom is 0.0833 e. The Kier molecular flexibility index (Phi) is 3.13. The lowest BCUT2D eigenvalue weighted by Crippen LogP contribution is -2.17. The van der Waals surface area contributed by atoms with E-state index in [0.717, 1.165) is 21.5 Å². The first-order chi connectivity index (χ1) is 7.52. The highest BCUT2D eigenvalue weighted by molar-refractivity contribution is 6.45. The molecule has 86 valence electrons. The van der Waals surface area contributed by atoms with Crippen LogP contribution in [-0.2, 0) is 0 Å². The van der Waals surface area contributed by atoms with Gasteiger partial charge in [0, 0.05) is 18.6 Å². The van der Waals surface area contributed by atoms with Crippen molar-refractivity contribution in [2.45, 2.75) is 13.0 Å². The Bertz CT molecular complexity index is 522. The number of hydrogen-bond acceptors (Lipinski definition) is 2. The number of hydroxylamine groups is 2. The average Bonchev–Trinajstić information content (AvgIpc) is 2.66. The predicted octanol–water partition coefficient (Wildman–Crippen LogP) is 3.86. The number of rotatable bonds is 2. The molecule has 16 heavy (non-hydrogen) atoms. The molecule has 0 fully saturated rings. The zero-order chi connectivity index (χ0) is 11.9. The molecule has 1 unspecified atom stereocenters. The van der Waals surface area contributed by atoms with E-state index in [4.69, 9.17) is 23.2 Å². The van der Waals surface area contributed by atoms with E-state index in [0.29, 0.717) is 10.0 Å². The highest BCUT2D eigenvalue weighted by Crippen LogP contribution is 2.34. The molecule has 3 nitrogen and oxygen atoms in total. The number of nitrogens with one attached hydrogen (secondary N) is 1. The zero-order valence-electron chi connectivity index (χ0n) is 8.96. The summed E-state index contributed by atoms with van der Waals surface area (Å²) in [5.74, 6) is 0. The Morgan fingerprint density at radius 3 is 2.69 bits per heavy atom. The summed E-state index contributed by atoms with van der Waals surface area (Å²) in [5.41, 5.74) is 1.79. The Labute approximate surface area is 104 Å². The van der Waals surface area contributed by atoms with E-state index in [2.05, 4.69) is 4.98 Å². The molecule has 0 aliphatic rings. The van der Waals surface area contributed by atoms with Crippen LogP contribution < -0.4 is 0 Å². The van der Waals surface area contributed by atoms with Crippen molar-refractivity contribution in [2.24, 2.45) is 0 Å². The summed E-state index contributed by atoms with van der Waals surface area (Å²) >= 11 is 12.0. The smallest absolute Gasteiger partial charge is 0.0833 e. The lowest BCUT2D eigenvalue weighted by atomic mass is 10.1. The summed E-state index contributed by atoms with van der Waals surface area (Å²) in [4.78, 5) is 3.08. The van der Waals surface area contributed by atoms with Crippen LogP contribution in [0.4, 0.5) is 0 Å². The number of aromatic nitrogens is 1. The van der Waals surface area contributed by atoms with Crippen LogP contribution in [0.15, 0.2) is 18.3 Å². The number of nitrogens with zero attached hydrogens (tertiary/aromatic N) is 1. The van der Waals surface area contributed by atoms with Gasteiger partial charge in [-0.05, 0) is 18.6 Å². The number of benzene rings is 1. The number of fused-ring (bicyclic) bond motifs is 1. The Balaban J connectivity index is 2.62. The molecule has 0 bridgehead atoms. The summed E-state index contributed by atoms with van der Waals surface area (Å²) < 4.78 is 0. The van der Waals surface area contributed by atoms with Gasteiger partial charge in [0.1, 0.15) is 0 Å². The van der Waals surface area contributed by atoms with Crippen LogP contribution in [0.1, 0.15) is 18.5 Å². The van der Waals surface area contributed by atoms with Crippen molar-refractivity contribution in [1.29, 1.82) is 0 Å². The van der Waals surface area contributed by atoms with Crippen LogP contribution in [0.25, 0.3) is 10.9 Å². The van der Waals surface area contributed by atoms with Crippen molar-refractivity contribution in [3.05, 3.63) is 33.9 Å². The van der Waals surface area contributed by atoms with Crippen LogP contribution in [-0.4, -0.2) is 22.3 Å². The SMILES string of the molecule is CC(c1c[nH]c2c(Cl)c(Cl)ccc12)N(C)O. The van der Waals surface area contributed by atoms with E-state index in [9.17, 15) is 5.21 Å². The Hall–Kier alpha value is -0.740. The van der Waals surface area contributed by atoms with E-state index in [-0.39, 0.29) is 6.04 Å². The summed E-state index contributed by atoms with van der Waals surface area (Å²) in [5, 5.41) is 12.6. The van der Waals surface area contributed by atoms with Crippen LogP contribution in [0.5, 0.6) is 0 Å². The maximum atomic E-state index is 9.44. The summed E-state index contributed by atoms with van der Waals surface area (Å²) in [7, 11) is 1.61. The molecule has 1 atom stereocenters. The van der Waals surface area contributed by atoms with Gasteiger partial charge in [0.05, 0.1) is 21.6 Å². The molecule has 0 radical (unpaired) electrons. The fraction of sp³-hybridized carbons (Fsp3) is 0.273. The van der Waals surface area contributed by atoms with Crippen molar-refractivity contribution in [3.63, 3.8) is 0 Å². The van der Waals surface area contributed by atoms with Gasteiger partial charge in [0.25, 0.3) is 0 Å². The second-order valence-electron chi connectivity index (χ2n) is 3.78. The highest BCUT2D eigenvalue weighted by atomic mass is 35.5. The molecule has 1 aromatic heterocycles. The minimum atomic E-state index is -0.106. The van der Waals surface area contributed by atoms with Gasteiger partial charge >= 0.3 is 0 Å². The van der Waals surface area contributed by atoms with Gasteiger partial charge in [0.2, 0.25) is 0 Å². The molecule has 1 aromatic carbocycles. The minimum Gasteiger partial charge on any atom is -0.360 e. The fourth-order valence-corrected chi connectivity index (χ4v) is 2.08. The first-order valence-corrected chi connectivity index (χ1v) is 5.64. The summed E-state index contributed by atoms with van der Waals surface area (Å²) in [6.07, 6.45) is 1.84. The largest absolute Gasteiger partial charge is 0.360 e. The van der Waals surface area contributed by atoms with Gasteiger partial charge in [-0.15, -0.1) is 0 Å². The molecule has 0 amide bonds. The Morgan fingerprint density at radius 2 is 2.06 bits per heavy atom. The molecule has 0 aliphatic heterocycles. The Morgan fingerprint density at radius 1 is 1.38 bits per heavy atom.